The minimum absolute atomic E-state index is 0.0822. The van der Waals surface area contributed by atoms with E-state index in [0.29, 0.717) is 18.1 Å². The summed E-state index contributed by atoms with van der Waals surface area (Å²) in [6.45, 7) is 4.24. The van der Waals surface area contributed by atoms with Gasteiger partial charge in [-0.15, -0.1) is 0 Å². The zero-order valence-electron chi connectivity index (χ0n) is 11.0. The van der Waals surface area contributed by atoms with Gasteiger partial charge in [-0.1, -0.05) is 0 Å². The predicted octanol–water partition coefficient (Wildman–Crippen LogP) is 0.0807. The van der Waals surface area contributed by atoms with Crippen LogP contribution in [0.1, 0.15) is 12.6 Å². The minimum atomic E-state index is -3.26. The summed E-state index contributed by atoms with van der Waals surface area (Å²) in [5, 5.41) is 17.9. The van der Waals surface area contributed by atoms with E-state index in [1.54, 1.807) is 6.92 Å². The van der Waals surface area contributed by atoms with Crippen molar-refractivity contribution in [3.8, 4) is 0 Å². The van der Waals surface area contributed by atoms with Crippen molar-refractivity contribution in [1.82, 2.24) is 14.5 Å². The number of nitrogens with zero attached hydrogens (tertiary/aromatic N) is 3. The van der Waals surface area contributed by atoms with Gasteiger partial charge in [-0.25, -0.2) is 17.8 Å². The Morgan fingerprint density at radius 1 is 1.42 bits per heavy atom. The van der Waals surface area contributed by atoms with Crippen LogP contribution < -0.4 is 10.0 Å². The Labute approximate surface area is 111 Å². The van der Waals surface area contributed by atoms with E-state index >= 15 is 0 Å². The summed E-state index contributed by atoms with van der Waals surface area (Å²) in [4.78, 5) is 10.5. The molecule has 0 unspecified atom stereocenters. The second-order valence-electron chi connectivity index (χ2n) is 3.95. The molecule has 1 aromatic rings. The monoisotopic (exact) mass is 291 g/mol. The topological polar surface area (TPSA) is 119 Å². The Morgan fingerprint density at radius 2 is 2.05 bits per heavy atom. The van der Waals surface area contributed by atoms with Crippen LogP contribution >= 0.6 is 0 Å². The first-order chi connectivity index (χ1) is 8.76. The van der Waals surface area contributed by atoms with Crippen LogP contribution in [0, 0.1) is 17.0 Å². The molecule has 19 heavy (non-hydrogen) atoms. The number of aromatic nitrogens is 2. The highest BCUT2D eigenvalue weighted by Crippen LogP contribution is 2.27. The smallest absolute Gasteiger partial charge is 0.333 e. The maximum atomic E-state index is 11.0. The molecule has 0 atom stereocenters. The molecule has 0 bridgehead atoms. The average molecular weight is 291 g/mol. The van der Waals surface area contributed by atoms with Crippen LogP contribution in [0.5, 0.6) is 0 Å². The fourth-order valence-corrected chi connectivity index (χ4v) is 2.08. The molecular weight excluding hydrogens is 274 g/mol. The molecule has 0 amide bonds. The van der Waals surface area contributed by atoms with Gasteiger partial charge < -0.3 is 5.32 Å². The molecule has 0 aromatic carbocycles. The van der Waals surface area contributed by atoms with E-state index in [4.69, 9.17) is 0 Å². The van der Waals surface area contributed by atoms with Gasteiger partial charge in [0.25, 0.3) is 0 Å². The van der Waals surface area contributed by atoms with Gasteiger partial charge in [0.2, 0.25) is 15.8 Å². The summed E-state index contributed by atoms with van der Waals surface area (Å²) in [7, 11) is -3.26. The van der Waals surface area contributed by atoms with Crippen LogP contribution in [0.4, 0.5) is 11.5 Å². The highest BCUT2D eigenvalue weighted by atomic mass is 32.2. The lowest BCUT2D eigenvalue weighted by Gasteiger charge is -2.07. The molecule has 1 heterocycles. The Morgan fingerprint density at radius 3 is 2.53 bits per heavy atom. The summed E-state index contributed by atoms with van der Waals surface area (Å²) < 4.78 is 25.5. The molecule has 1 rings (SSSR count). The Hall–Kier alpha value is -1.68. The highest BCUT2D eigenvalue weighted by molar-refractivity contribution is 7.88. The Balaban J connectivity index is 2.79. The van der Waals surface area contributed by atoms with Gasteiger partial charge in [0.1, 0.15) is 5.69 Å². The number of aryl methyl sites for hydroxylation is 2. The number of hydrogen-bond donors (Lipinski definition) is 2. The first-order valence-corrected chi connectivity index (χ1v) is 7.55. The van der Waals surface area contributed by atoms with Crippen molar-refractivity contribution in [2.24, 2.45) is 0 Å². The first-order valence-electron chi connectivity index (χ1n) is 5.66. The zero-order valence-corrected chi connectivity index (χ0v) is 11.8. The highest BCUT2D eigenvalue weighted by Gasteiger charge is 2.24. The normalized spacial score (nSPS) is 11.5. The molecule has 0 aliphatic carbocycles. The molecule has 0 aliphatic heterocycles. The molecule has 10 heteroatoms. The van der Waals surface area contributed by atoms with Gasteiger partial charge in [-0.2, -0.15) is 5.10 Å². The molecule has 0 aliphatic rings. The standard InChI is InChI=1S/C9H17N5O4S/c1-4-13-9(8(14(15)16)7(2)12-13)10-5-6-11-19(3,17)18/h10-11H,4-6H2,1-3H3. The fraction of sp³-hybridized carbons (Fsp3) is 0.667. The largest absolute Gasteiger partial charge is 0.363 e. The maximum Gasteiger partial charge on any atom is 0.333 e. The summed E-state index contributed by atoms with van der Waals surface area (Å²) in [6.07, 6.45) is 1.05. The van der Waals surface area contributed by atoms with Gasteiger partial charge in [0, 0.05) is 19.6 Å². The van der Waals surface area contributed by atoms with Crippen molar-refractivity contribution in [1.29, 1.82) is 0 Å². The van der Waals surface area contributed by atoms with E-state index in [0.717, 1.165) is 6.26 Å². The molecule has 9 nitrogen and oxygen atoms in total. The van der Waals surface area contributed by atoms with Crippen LogP contribution in [0.25, 0.3) is 0 Å². The second-order valence-corrected chi connectivity index (χ2v) is 5.78. The van der Waals surface area contributed by atoms with Crippen molar-refractivity contribution < 1.29 is 13.3 Å². The van der Waals surface area contributed by atoms with E-state index in [9.17, 15) is 18.5 Å². The third-order valence-electron chi connectivity index (χ3n) is 2.36. The van der Waals surface area contributed by atoms with Crippen molar-refractivity contribution >= 4 is 21.5 Å². The second kappa shape index (κ2) is 5.97. The van der Waals surface area contributed by atoms with Gasteiger partial charge in [-0.05, 0) is 13.8 Å². The molecule has 2 N–H and O–H groups in total. The summed E-state index contributed by atoms with van der Waals surface area (Å²) in [5.74, 6) is 0.292. The van der Waals surface area contributed by atoms with E-state index in [2.05, 4.69) is 15.1 Å². The van der Waals surface area contributed by atoms with Crippen LogP contribution in [0.3, 0.4) is 0 Å². The molecule has 1 aromatic heterocycles. The predicted molar refractivity (Wildman–Crippen MR) is 70.6 cm³/mol. The van der Waals surface area contributed by atoms with Gasteiger partial charge >= 0.3 is 5.69 Å². The van der Waals surface area contributed by atoms with Crippen molar-refractivity contribution in [3.05, 3.63) is 15.8 Å². The molecule has 0 saturated carbocycles. The molecular formula is C9H17N5O4S. The number of sulfonamides is 1. The summed E-state index contributed by atoms with van der Waals surface area (Å²) >= 11 is 0. The molecule has 108 valence electrons. The Kier molecular flexibility index (Phi) is 4.84. The zero-order chi connectivity index (χ0) is 14.6. The van der Waals surface area contributed by atoms with Crippen molar-refractivity contribution in [2.45, 2.75) is 20.4 Å². The number of nitro groups is 1. The lowest BCUT2D eigenvalue weighted by atomic mass is 10.4. The quantitative estimate of drug-likeness (QED) is 0.417. The molecule has 0 saturated heterocycles. The number of hydrogen-bond acceptors (Lipinski definition) is 6. The third kappa shape index (κ3) is 4.17. The molecule has 0 radical (unpaired) electrons. The van der Waals surface area contributed by atoms with E-state index in [-0.39, 0.29) is 18.8 Å². The summed E-state index contributed by atoms with van der Waals surface area (Å²) in [5.41, 5.74) is 0.242. The number of nitrogens with one attached hydrogen (secondary N) is 2. The van der Waals surface area contributed by atoms with Crippen LogP contribution in [0.2, 0.25) is 0 Å². The average Bonchev–Trinajstić information content (AvgIpc) is 2.59. The van der Waals surface area contributed by atoms with Crippen molar-refractivity contribution in [3.63, 3.8) is 0 Å². The first kappa shape index (κ1) is 15.4. The molecule has 0 spiro atoms. The van der Waals surface area contributed by atoms with Crippen molar-refractivity contribution in [2.75, 3.05) is 24.7 Å². The maximum absolute atomic E-state index is 11.0. The van der Waals surface area contributed by atoms with Gasteiger partial charge in [0.05, 0.1) is 11.2 Å². The SMILES string of the molecule is CCn1nc(C)c([N+](=O)[O-])c1NCCNS(C)(=O)=O. The Bertz CT molecular complexity index is 565. The lowest BCUT2D eigenvalue weighted by Crippen LogP contribution is -2.28. The number of rotatable bonds is 7. The van der Waals surface area contributed by atoms with E-state index in [1.807, 2.05) is 6.92 Å². The minimum Gasteiger partial charge on any atom is -0.363 e. The van der Waals surface area contributed by atoms with Crippen LogP contribution in [0.15, 0.2) is 0 Å². The molecule has 0 fully saturated rings. The fourth-order valence-electron chi connectivity index (χ4n) is 1.61. The summed E-state index contributed by atoms with van der Waals surface area (Å²) in [6, 6.07) is 0. The number of anilines is 1. The van der Waals surface area contributed by atoms with Crippen LogP contribution in [-0.4, -0.2) is 42.5 Å². The van der Waals surface area contributed by atoms with Gasteiger partial charge in [0.15, 0.2) is 0 Å². The lowest BCUT2D eigenvalue weighted by molar-refractivity contribution is -0.384. The third-order valence-corrected chi connectivity index (χ3v) is 3.09. The van der Waals surface area contributed by atoms with E-state index < -0.39 is 14.9 Å². The van der Waals surface area contributed by atoms with Crippen LogP contribution in [-0.2, 0) is 16.6 Å². The van der Waals surface area contributed by atoms with Gasteiger partial charge in [-0.3, -0.25) is 10.1 Å². The van der Waals surface area contributed by atoms with E-state index in [1.165, 1.54) is 4.68 Å².